The highest BCUT2D eigenvalue weighted by Crippen LogP contribution is 2.26. The standard InChI is InChI=1S/C16H14N4OS/c1-19(10-13-8-5-9-21-13)16-18-20-11-14(17-15(20)22-16)12-6-3-2-4-7-12/h2-9,11H,10H2,1H3. The average Bonchev–Trinajstić information content (AvgIpc) is 3.23. The molecule has 0 aliphatic carbocycles. The van der Waals surface area contributed by atoms with Crippen LogP contribution < -0.4 is 4.90 Å². The lowest BCUT2D eigenvalue weighted by molar-refractivity contribution is 0.507. The summed E-state index contributed by atoms with van der Waals surface area (Å²) in [4.78, 5) is 7.60. The summed E-state index contributed by atoms with van der Waals surface area (Å²) >= 11 is 1.57. The Balaban J connectivity index is 1.61. The molecule has 0 atom stereocenters. The molecule has 3 heterocycles. The van der Waals surface area contributed by atoms with E-state index in [1.54, 1.807) is 17.6 Å². The molecule has 0 fully saturated rings. The Kier molecular flexibility index (Phi) is 3.16. The Labute approximate surface area is 131 Å². The Hall–Kier alpha value is -2.60. The highest BCUT2D eigenvalue weighted by molar-refractivity contribution is 7.20. The Morgan fingerprint density at radius 2 is 2.05 bits per heavy atom. The lowest BCUT2D eigenvalue weighted by atomic mass is 10.2. The van der Waals surface area contributed by atoms with Crippen molar-refractivity contribution in [2.24, 2.45) is 0 Å². The van der Waals surface area contributed by atoms with Crippen LogP contribution in [-0.2, 0) is 6.54 Å². The molecule has 6 heteroatoms. The number of furan rings is 1. The van der Waals surface area contributed by atoms with Crippen molar-refractivity contribution >= 4 is 21.4 Å². The van der Waals surface area contributed by atoms with Gasteiger partial charge in [-0.2, -0.15) is 0 Å². The van der Waals surface area contributed by atoms with E-state index < -0.39 is 0 Å². The molecule has 0 radical (unpaired) electrons. The van der Waals surface area contributed by atoms with Crippen LogP contribution in [0.2, 0.25) is 0 Å². The van der Waals surface area contributed by atoms with E-state index in [0.717, 1.165) is 27.1 Å². The fourth-order valence-corrected chi connectivity index (χ4v) is 3.14. The third-order valence-electron chi connectivity index (χ3n) is 3.40. The van der Waals surface area contributed by atoms with Crippen LogP contribution in [0, 0.1) is 0 Å². The lowest BCUT2D eigenvalue weighted by Gasteiger charge is -2.12. The quantitative estimate of drug-likeness (QED) is 0.577. The molecule has 4 rings (SSSR count). The van der Waals surface area contributed by atoms with Crippen molar-refractivity contribution in [2.45, 2.75) is 6.54 Å². The summed E-state index contributed by atoms with van der Waals surface area (Å²) < 4.78 is 7.21. The van der Waals surface area contributed by atoms with E-state index in [1.807, 2.05) is 48.1 Å². The number of benzene rings is 1. The Morgan fingerprint density at radius 1 is 1.18 bits per heavy atom. The first-order chi connectivity index (χ1) is 10.8. The second kappa shape index (κ2) is 5.31. The normalized spacial score (nSPS) is 11.1. The molecule has 0 bridgehead atoms. The second-order valence-electron chi connectivity index (χ2n) is 5.04. The van der Waals surface area contributed by atoms with E-state index in [4.69, 9.17) is 4.42 Å². The molecule has 3 aromatic heterocycles. The van der Waals surface area contributed by atoms with Crippen molar-refractivity contribution in [2.75, 3.05) is 11.9 Å². The number of rotatable bonds is 4. The Morgan fingerprint density at radius 3 is 2.77 bits per heavy atom. The molecule has 0 N–H and O–H groups in total. The van der Waals surface area contributed by atoms with Gasteiger partial charge >= 0.3 is 0 Å². The van der Waals surface area contributed by atoms with Crippen molar-refractivity contribution in [3.8, 4) is 11.3 Å². The van der Waals surface area contributed by atoms with Crippen LogP contribution in [-0.4, -0.2) is 21.6 Å². The van der Waals surface area contributed by atoms with Crippen LogP contribution in [0.15, 0.2) is 59.3 Å². The fourth-order valence-electron chi connectivity index (χ4n) is 2.30. The van der Waals surface area contributed by atoms with Gasteiger partial charge in [0.05, 0.1) is 24.7 Å². The van der Waals surface area contributed by atoms with Crippen molar-refractivity contribution in [1.82, 2.24) is 14.6 Å². The zero-order chi connectivity index (χ0) is 14.9. The van der Waals surface area contributed by atoms with Gasteiger partial charge in [-0.3, -0.25) is 0 Å². The van der Waals surface area contributed by atoms with E-state index in [2.05, 4.69) is 27.1 Å². The molecule has 0 saturated heterocycles. The minimum Gasteiger partial charge on any atom is -0.467 e. The highest BCUT2D eigenvalue weighted by atomic mass is 32.1. The summed E-state index contributed by atoms with van der Waals surface area (Å²) in [6.07, 6.45) is 3.65. The fraction of sp³-hybridized carbons (Fsp3) is 0.125. The van der Waals surface area contributed by atoms with Crippen LogP contribution in [0.5, 0.6) is 0 Å². The summed E-state index contributed by atoms with van der Waals surface area (Å²) in [5.41, 5.74) is 2.05. The smallest absolute Gasteiger partial charge is 0.214 e. The molecular formula is C16H14N4OS. The third kappa shape index (κ3) is 2.37. The van der Waals surface area contributed by atoms with Gasteiger partial charge in [0, 0.05) is 12.6 Å². The van der Waals surface area contributed by atoms with Gasteiger partial charge in [-0.05, 0) is 12.1 Å². The summed E-state index contributed by atoms with van der Waals surface area (Å²) in [5, 5.41) is 5.51. The molecule has 0 spiro atoms. The number of imidazole rings is 1. The minimum atomic E-state index is 0.690. The lowest BCUT2D eigenvalue weighted by Crippen LogP contribution is -2.15. The first-order valence-electron chi connectivity index (χ1n) is 6.95. The highest BCUT2D eigenvalue weighted by Gasteiger charge is 2.13. The van der Waals surface area contributed by atoms with E-state index in [1.165, 1.54) is 0 Å². The summed E-state index contributed by atoms with van der Waals surface area (Å²) in [6.45, 7) is 0.690. The van der Waals surface area contributed by atoms with E-state index in [-0.39, 0.29) is 0 Å². The van der Waals surface area contributed by atoms with Gasteiger partial charge in [0.15, 0.2) is 0 Å². The number of anilines is 1. The predicted octanol–water partition coefficient (Wildman–Crippen LogP) is 3.69. The van der Waals surface area contributed by atoms with E-state index in [9.17, 15) is 0 Å². The van der Waals surface area contributed by atoms with Gasteiger partial charge in [0.25, 0.3) is 0 Å². The van der Waals surface area contributed by atoms with Crippen molar-refractivity contribution in [3.63, 3.8) is 0 Å². The van der Waals surface area contributed by atoms with Crippen molar-refractivity contribution < 1.29 is 4.42 Å². The molecule has 4 aromatic rings. The number of aromatic nitrogens is 3. The van der Waals surface area contributed by atoms with Gasteiger partial charge < -0.3 is 9.32 Å². The molecule has 0 unspecified atom stereocenters. The summed E-state index contributed by atoms with van der Waals surface area (Å²) in [5.74, 6) is 0.917. The van der Waals surface area contributed by atoms with Crippen LogP contribution in [0.25, 0.3) is 16.2 Å². The number of fused-ring (bicyclic) bond motifs is 1. The maximum Gasteiger partial charge on any atom is 0.214 e. The average molecular weight is 310 g/mol. The third-order valence-corrected chi connectivity index (χ3v) is 4.44. The molecule has 5 nitrogen and oxygen atoms in total. The van der Waals surface area contributed by atoms with Gasteiger partial charge in [0.1, 0.15) is 5.76 Å². The summed E-state index contributed by atoms with van der Waals surface area (Å²) in [7, 11) is 2.00. The van der Waals surface area contributed by atoms with Gasteiger partial charge in [0.2, 0.25) is 10.1 Å². The first-order valence-corrected chi connectivity index (χ1v) is 7.76. The zero-order valence-corrected chi connectivity index (χ0v) is 12.8. The Bertz CT molecular complexity index is 848. The topological polar surface area (TPSA) is 46.6 Å². The van der Waals surface area contributed by atoms with E-state index >= 15 is 0 Å². The molecule has 0 saturated carbocycles. The van der Waals surface area contributed by atoms with Gasteiger partial charge in [-0.25, -0.2) is 9.50 Å². The molecule has 110 valence electrons. The number of hydrogen-bond donors (Lipinski definition) is 0. The molecule has 0 aliphatic rings. The predicted molar refractivity (Wildman–Crippen MR) is 87.1 cm³/mol. The molecule has 1 aromatic carbocycles. The molecule has 0 aliphatic heterocycles. The van der Waals surface area contributed by atoms with Crippen LogP contribution >= 0.6 is 11.3 Å². The molecule has 0 amide bonds. The maximum absolute atomic E-state index is 5.37. The summed E-state index contributed by atoms with van der Waals surface area (Å²) in [6, 6.07) is 14.0. The van der Waals surface area contributed by atoms with Crippen LogP contribution in [0.3, 0.4) is 0 Å². The van der Waals surface area contributed by atoms with Crippen LogP contribution in [0.4, 0.5) is 5.13 Å². The van der Waals surface area contributed by atoms with E-state index in [0.29, 0.717) is 6.54 Å². The largest absolute Gasteiger partial charge is 0.467 e. The molecule has 22 heavy (non-hydrogen) atoms. The van der Waals surface area contributed by atoms with Gasteiger partial charge in [-0.1, -0.05) is 41.7 Å². The number of nitrogens with zero attached hydrogens (tertiary/aromatic N) is 4. The zero-order valence-electron chi connectivity index (χ0n) is 12.0. The van der Waals surface area contributed by atoms with Crippen LogP contribution in [0.1, 0.15) is 5.76 Å². The minimum absolute atomic E-state index is 0.690. The second-order valence-corrected chi connectivity index (χ2v) is 5.97. The van der Waals surface area contributed by atoms with Gasteiger partial charge in [-0.15, -0.1) is 5.10 Å². The SMILES string of the molecule is CN(Cc1ccco1)c1nn2cc(-c3ccccc3)nc2s1. The van der Waals surface area contributed by atoms with Crippen molar-refractivity contribution in [1.29, 1.82) is 0 Å². The monoisotopic (exact) mass is 310 g/mol. The maximum atomic E-state index is 5.37. The first kappa shape index (κ1) is 13.1. The molecular weight excluding hydrogens is 296 g/mol. The number of hydrogen-bond acceptors (Lipinski definition) is 5. The van der Waals surface area contributed by atoms with Crippen molar-refractivity contribution in [3.05, 3.63) is 60.7 Å².